The molecule has 0 amide bonds. The van der Waals surface area contributed by atoms with Crippen LogP contribution >= 0.6 is 0 Å². The Labute approximate surface area is 156 Å². The van der Waals surface area contributed by atoms with Crippen LogP contribution in [-0.4, -0.2) is 35.2 Å². The number of esters is 1. The SMILES string of the molecule is COc1cccc(C(=O)OCC(=O)c2cc(C)n(-c3cc(C)on3)c2C)c1. The third-order valence-corrected chi connectivity index (χ3v) is 4.22. The molecular weight excluding hydrogens is 348 g/mol. The molecule has 2 heterocycles. The molecule has 7 heteroatoms. The van der Waals surface area contributed by atoms with Crippen LogP contribution in [0.1, 0.15) is 37.9 Å². The minimum Gasteiger partial charge on any atom is -0.497 e. The van der Waals surface area contributed by atoms with Crippen LogP contribution in [-0.2, 0) is 4.74 Å². The highest BCUT2D eigenvalue weighted by Gasteiger charge is 2.20. The molecule has 0 saturated carbocycles. The summed E-state index contributed by atoms with van der Waals surface area (Å²) in [5, 5.41) is 3.99. The maximum absolute atomic E-state index is 12.6. The summed E-state index contributed by atoms with van der Waals surface area (Å²) in [5.74, 6) is 0.962. The summed E-state index contributed by atoms with van der Waals surface area (Å²) in [6.07, 6.45) is 0. The largest absolute Gasteiger partial charge is 0.497 e. The zero-order valence-electron chi connectivity index (χ0n) is 15.6. The van der Waals surface area contributed by atoms with Gasteiger partial charge in [-0.05, 0) is 45.0 Å². The Balaban J connectivity index is 1.74. The van der Waals surface area contributed by atoms with Gasteiger partial charge >= 0.3 is 5.97 Å². The highest BCUT2D eigenvalue weighted by Crippen LogP contribution is 2.21. The summed E-state index contributed by atoms with van der Waals surface area (Å²) >= 11 is 0. The van der Waals surface area contributed by atoms with Crippen LogP contribution < -0.4 is 4.74 Å². The van der Waals surface area contributed by atoms with Gasteiger partial charge in [-0.3, -0.25) is 9.36 Å². The monoisotopic (exact) mass is 368 g/mol. The average Bonchev–Trinajstić information content (AvgIpc) is 3.21. The van der Waals surface area contributed by atoms with E-state index in [-0.39, 0.29) is 12.4 Å². The second-order valence-corrected chi connectivity index (χ2v) is 6.15. The first-order valence-corrected chi connectivity index (χ1v) is 8.37. The van der Waals surface area contributed by atoms with E-state index in [1.165, 1.54) is 7.11 Å². The highest BCUT2D eigenvalue weighted by atomic mass is 16.5. The van der Waals surface area contributed by atoms with Crippen molar-refractivity contribution in [1.29, 1.82) is 0 Å². The van der Waals surface area contributed by atoms with E-state index >= 15 is 0 Å². The van der Waals surface area contributed by atoms with Gasteiger partial charge in [-0.25, -0.2) is 4.79 Å². The zero-order valence-corrected chi connectivity index (χ0v) is 15.6. The number of aryl methyl sites for hydroxylation is 2. The Hall–Kier alpha value is -3.35. The lowest BCUT2D eigenvalue weighted by molar-refractivity contribution is 0.0474. The van der Waals surface area contributed by atoms with Crippen molar-refractivity contribution in [2.24, 2.45) is 0 Å². The molecule has 0 N–H and O–H groups in total. The number of ketones is 1. The molecule has 27 heavy (non-hydrogen) atoms. The molecule has 0 bridgehead atoms. The number of methoxy groups -OCH3 is 1. The summed E-state index contributed by atoms with van der Waals surface area (Å²) in [6, 6.07) is 10.1. The van der Waals surface area contributed by atoms with Crippen molar-refractivity contribution in [1.82, 2.24) is 9.72 Å². The molecule has 1 aromatic carbocycles. The van der Waals surface area contributed by atoms with Crippen LogP contribution in [0.5, 0.6) is 5.75 Å². The molecule has 0 aliphatic carbocycles. The first-order valence-electron chi connectivity index (χ1n) is 8.37. The molecule has 0 saturated heterocycles. The van der Waals surface area contributed by atoms with E-state index < -0.39 is 5.97 Å². The number of benzene rings is 1. The molecule has 7 nitrogen and oxygen atoms in total. The third kappa shape index (κ3) is 3.76. The second-order valence-electron chi connectivity index (χ2n) is 6.15. The lowest BCUT2D eigenvalue weighted by Gasteiger charge is -2.07. The van der Waals surface area contributed by atoms with Crippen molar-refractivity contribution in [3.8, 4) is 11.6 Å². The topological polar surface area (TPSA) is 83.6 Å². The van der Waals surface area contributed by atoms with Gasteiger partial charge in [0.05, 0.1) is 12.7 Å². The van der Waals surface area contributed by atoms with E-state index in [1.807, 2.05) is 18.4 Å². The van der Waals surface area contributed by atoms with E-state index in [1.54, 1.807) is 43.3 Å². The number of carbonyl (C=O) groups excluding carboxylic acids is 2. The lowest BCUT2D eigenvalue weighted by atomic mass is 10.1. The van der Waals surface area contributed by atoms with E-state index in [0.29, 0.717) is 34.1 Å². The van der Waals surface area contributed by atoms with Gasteiger partial charge in [0.1, 0.15) is 11.5 Å². The van der Waals surface area contributed by atoms with Crippen molar-refractivity contribution >= 4 is 11.8 Å². The fourth-order valence-electron chi connectivity index (χ4n) is 2.90. The summed E-state index contributed by atoms with van der Waals surface area (Å²) < 4.78 is 17.2. The zero-order chi connectivity index (χ0) is 19.6. The van der Waals surface area contributed by atoms with Crippen LogP contribution in [0.4, 0.5) is 0 Å². The quantitative estimate of drug-likeness (QED) is 0.490. The van der Waals surface area contributed by atoms with Crippen LogP contribution in [0.25, 0.3) is 5.82 Å². The Kier molecular flexibility index (Phi) is 5.12. The van der Waals surface area contributed by atoms with Gasteiger partial charge in [0.15, 0.2) is 12.4 Å². The molecule has 0 aliphatic rings. The summed E-state index contributed by atoms with van der Waals surface area (Å²) in [6.45, 7) is 5.14. The van der Waals surface area contributed by atoms with Crippen molar-refractivity contribution in [3.05, 3.63) is 64.7 Å². The van der Waals surface area contributed by atoms with Crippen molar-refractivity contribution in [3.63, 3.8) is 0 Å². The van der Waals surface area contributed by atoms with Gasteiger partial charge in [-0.1, -0.05) is 11.2 Å². The Morgan fingerprint density at radius 2 is 1.93 bits per heavy atom. The molecular formula is C20H20N2O5. The normalized spacial score (nSPS) is 10.7. The third-order valence-electron chi connectivity index (χ3n) is 4.22. The molecule has 2 aromatic heterocycles. The van der Waals surface area contributed by atoms with E-state index in [2.05, 4.69) is 5.16 Å². The second kappa shape index (κ2) is 7.49. The predicted octanol–water partition coefficient (Wildman–Crippen LogP) is 3.44. The molecule has 0 unspecified atom stereocenters. The molecule has 0 fully saturated rings. The summed E-state index contributed by atoms with van der Waals surface area (Å²) in [7, 11) is 1.51. The first kappa shape index (κ1) is 18.4. The average molecular weight is 368 g/mol. The number of aromatic nitrogens is 2. The van der Waals surface area contributed by atoms with Crippen LogP contribution in [0.3, 0.4) is 0 Å². The molecule has 3 aromatic rings. The number of nitrogens with zero attached hydrogens (tertiary/aromatic N) is 2. The van der Waals surface area contributed by atoms with Crippen LogP contribution in [0, 0.1) is 20.8 Å². The number of hydrogen-bond acceptors (Lipinski definition) is 6. The van der Waals surface area contributed by atoms with Crippen molar-refractivity contribution in [2.75, 3.05) is 13.7 Å². The standard InChI is InChI=1S/C20H20N2O5/c1-12-8-17(14(3)22(12)19-9-13(2)27-21-19)18(23)11-26-20(24)15-6-5-7-16(10-15)25-4/h5-10H,11H2,1-4H3. The number of rotatable bonds is 6. The Morgan fingerprint density at radius 1 is 1.15 bits per heavy atom. The number of Topliss-reactive ketones (excluding diaryl/α,β-unsaturated/α-hetero) is 1. The van der Waals surface area contributed by atoms with Gasteiger partial charge in [-0.15, -0.1) is 0 Å². The first-order chi connectivity index (χ1) is 12.9. The molecule has 0 atom stereocenters. The van der Waals surface area contributed by atoms with Gasteiger partial charge in [0.25, 0.3) is 0 Å². The lowest BCUT2D eigenvalue weighted by Crippen LogP contribution is -2.15. The Morgan fingerprint density at radius 3 is 2.59 bits per heavy atom. The number of ether oxygens (including phenoxy) is 2. The smallest absolute Gasteiger partial charge is 0.338 e. The molecule has 0 spiro atoms. The van der Waals surface area contributed by atoms with Gasteiger partial charge in [0.2, 0.25) is 5.78 Å². The maximum Gasteiger partial charge on any atom is 0.338 e. The Bertz CT molecular complexity index is 1000. The molecule has 140 valence electrons. The molecule has 0 aliphatic heterocycles. The molecule has 3 rings (SSSR count). The summed E-state index contributed by atoms with van der Waals surface area (Å²) in [4.78, 5) is 24.7. The number of hydrogen-bond donors (Lipinski definition) is 0. The van der Waals surface area contributed by atoms with E-state index in [4.69, 9.17) is 14.0 Å². The fourth-order valence-corrected chi connectivity index (χ4v) is 2.90. The van der Waals surface area contributed by atoms with Crippen molar-refractivity contribution < 1.29 is 23.6 Å². The number of carbonyl (C=O) groups is 2. The van der Waals surface area contributed by atoms with Gasteiger partial charge in [0, 0.05) is 23.0 Å². The van der Waals surface area contributed by atoms with Crippen molar-refractivity contribution in [2.45, 2.75) is 20.8 Å². The minimum atomic E-state index is -0.580. The highest BCUT2D eigenvalue weighted by molar-refractivity contribution is 6.00. The molecule has 0 radical (unpaired) electrons. The van der Waals surface area contributed by atoms with Gasteiger partial charge in [-0.2, -0.15) is 0 Å². The van der Waals surface area contributed by atoms with Gasteiger partial charge < -0.3 is 14.0 Å². The predicted molar refractivity (Wildman–Crippen MR) is 97.6 cm³/mol. The van der Waals surface area contributed by atoms with E-state index in [9.17, 15) is 9.59 Å². The fraction of sp³-hybridized carbons (Fsp3) is 0.250. The maximum atomic E-state index is 12.6. The van der Waals surface area contributed by atoms with E-state index in [0.717, 1.165) is 5.69 Å². The van der Waals surface area contributed by atoms with Crippen LogP contribution in [0.15, 0.2) is 40.9 Å². The van der Waals surface area contributed by atoms with Crippen LogP contribution in [0.2, 0.25) is 0 Å². The summed E-state index contributed by atoms with van der Waals surface area (Å²) in [5.41, 5.74) is 2.35. The minimum absolute atomic E-state index is 0.286.